The van der Waals surface area contributed by atoms with Crippen molar-refractivity contribution < 1.29 is 5.11 Å². The molecule has 0 aromatic heterocycles. The van der Waals surface area contributed by atoms with E-state index in [0.29, 0.717) is 5.92 Å². The Labute approximate surface area is 56.4 Å². The third-order valence-corrected chi connectivity index (χ3v) is 1.87. The molecule has 2 atom stereocenters. The Morgan fingerprint density at radius 3 is 2.78 bits per heavy atom. The number of allylic oxidation sites excluding steroid dienone is 1. The highest BCUT2D eigenvalue weighted by molar-refractivity contribution is 4.85. The van der Waals surface area contributed by atoms with Crippen molar-refractivity contribution in [2.75, 3.05) is 0 Å². The first-order chi connectivity index (χ1) is 4.34. The van der Waals surface area contributed by atoms with E-state index in [1.807, 2.05) is 6.08 Å². The van der Waals surface area contributed by atoms with E-state index in [4.69, 9.17) is 5.11 Å². The summed E-state index contributed by atoms with van der Waals surface area (Å²) in [6.07, 6.45) is 6.50. The Balaban J connectivity index is 1.88. The Kier molecular flexibility index (Phi) is 2.29. The van der Waals surface area contributed by atoms with Crippen LogP contribution in [0.4, 0.5) is 0 Å². The number of unbranched alkanes of at least 4 members (excludes halogenated alkanes) is 1. The zero-order valence-corrected chi connectivity index (χ0v) is 5.71. The maximum absolute atomic E-state index is 8.90. The van der Waals surface area contributed by atoms with Crippen molar-refractivity contribution in [2.45, 2.75) is 31.8 Å². The van der Waals surface area contributed by atoms with Gasteiger partial charge in [0.2, 0.25) is 0 Å². The summed E-state index contributed by atoms with van der Waals surface area (Å²) in [6.45, 7) is 3.63. The fraction of sp³-hybridized carbons (Fsp3) is 0.750. The molecule has 1 heteroatoms. The molecular formula is C8H14O. The lowest BCUT2D eigenvalue weighted by atomic mass is 10.2. The number of aliphatic hydroxyl groups is 1. The molecule has 0 aromatic carbocycles. The number of aliphatic hydroxyl groups excluding tert-OH is 1. The first-order valence-electron chi connectivity index (χ1n) is 3.63. The third kappa shape index (κ3) is 2.19. The highest BCUT2D eigenvalue weighted by Crippen LogP contribution is 2.34. The van der Waals surface area contributed by atoms with Crippen LogP contribution < -0.4 is 0 Å². The highest BCUT2D eigenvalue weighted by Gasteiger charge is 2.33. The van der Waals surface area contributed by atoms with E-state index in [1.54, 1.807) is 0 Å². The number of hydrogen-bond donors (Lipinski definition) is 1. The zero-order valence-electron chi connectivity index (χ0n) is 5.71. The predicted octanol–water partition coefficient (Wildman–Crippen LogP) is 1.72. The molecule has 0 saturated heterocycles. The summed E-state index contributed by atoms with van der Waals surface area (Å²) in [4.78, 5) is 0. The monoisotopic (exact) mass is 126 g/mol. The molecule has 1 nitrogen and oxygen atoms in total. The van der Waals surface area contributed by atoms with Crippen LogP contribution in [0.1, 0.15) is 25.7 Å². The fourth-order valence-corrected chi connectivity index (χ4v) is 1.07. The third-order valence-electron chi connectivity index (χ3n) is 1.87. The Morgan fingerprint density at radius 2 is 2.33 bits per heavy atom. The van der Waals surface area contributed by atoms with Crippen molar-refractivity contribution >= 4 is 0 Å². The van der Waals surface area contributed by atoms with Gasteiger partial charge in [0.05, 0.1) is 6.10 Å². The van der Waals surface area contributed by atoms with E-state index in [9.17, 15) is 0 Å². The highest BCUT2D eigenvalue weighted by atomic mass is 16.3. The predicted molar refractivity (Wildman–Crippen MR) is 38.2 cm³/mol. The maximum atomic E-state index is 8.90. The van der Waals surface area contributed by atoms with Crippen molar-refractivity contribution in [3.63, 3.8) is 0 Å². The lowest BCUT2D eigenvalue weighted by Gasteiger charge is -1.91. The van der Waals surface area contributed by atoms with Gasteiger partial charge in [0.25, 0.3) is 0 Å². The van der Waals surface area contributed by atoms with Crippen LogP contribution >= 0.6 is 0 Å². The van der Waals surface area contributed by atoms with Gasteiger partial charge in [-0.25, -0.2) is 0 Å². The Bertz CT molecular complexity index is 98.7. The van der Waals surface area contributed by atoms with Crippen molar-refractivity contribution in [1.29, 1.82) is 0 Å². The van der Waals surface area contributed by atoms with Gasteiger partial charge in [0, 0.05) is 0 Å². The van der Waals surface area contributed by atoms with Crippen molar-refractivity contribution in [2.24, 2.45) is 5.92 Å². The lowest BCUT2D eigenvalue weighted by molar-refractivity contribution is 0.256. The van der Waals surface area contributed by atoms with Crippen LogP contribution in [-0.4, -0.2) is 11.2 Å². The Morgan fingerprint density at radius 1 is 1.67 bits per heavy atom. The molecule has 1 N–H and O–H groups in total. The topological polar surface area (TPSA) is 20.2 Å². The van der Waals surface area contributed by atoms with E-state index in [0.717, 1.165) is 12.8 Å². The van der Waals surface area contributed by atoms with Crippen LogP contribution in [0, 0.1) is 5.92 Å². The normalized spacial score (nSPS) is 32.1. The van der Waals surface area contributed by atoms with Gasteiger partial charge in [0.15, 0.2) is 0 Å². The molecule has 1 unspecified atom stereocenters. The fourth-order valence-electron chi connectivity index (χ4n) is 1.07. The minimum absolute atomic E-state index is 0.0369. The SMILES string of the molecule is C=CCCC[C@@H]1CC1O. The molecule has 0 spiro atoms. The molecule has 1 fully saturated rings. The standard InChI is InChI=1S/C8H14O/c1-2-3-4-5-7-6-8(7)9/h2,7-9H,1,3-6H2/t7-,8?/m1/s1. The van der Waals surface area contributed by atoms with Gasteiger partial charge >= 0.3 is 0 Å². The second kappa shape index (κ2) is 3.02. The largest absolute Gasteiger partial charge is 0.393 e. The molecule has 0 aliphatic heterocycles. The first kappa shape index (κ1) is 6.81. The molecule has 1 aliphatic carbocycles. The summed E-state index contributed by atoms with van der Waals surface area (Å²) in [5.41, 5.74) is 0. The molecule has 0 amide bonds. The molecule has 1 aliphatic rings. The van der Waals surface area contributed by atoms with Crippen molar-refractivity contribution in [1.82, 2.24) is 0 Å². The average Bonchev–Trinajstić information content (AvgIpc) is 2.48. The van der Waals surface area contributed by atoms with Crippen LogP contribution in [0.5, 0.6) is 0 Å². The summed E-state index contributed by atoms with van der Waals surface area (Å²) in [6, 6.07) is 0. The number of rotatable bonds is 4. The second-order valence-corrected chi connectivity index (χ2v) is 2.78. The van der Waals surface area contributed by atoms with Crippen LogP contribution in [0.2, 0.25) is 0 Å². The molecule has 1 rings (SSSR count). The van der Waals surface area contributed by atoms with Crippen LogP contribution in [0.3, 0.4) is 0 Å². The molecule has 52 valence electrons. The summed E-state index contributed by atoms with van der Waals surface area (Å²) in [5, 5.41) is 8.90. The first-order valence-corrected chi connectivity index (χ1v) is 3.63. The van der Waals surface area contributed by atoms with E-state index in [2.05, 4.69) is 6.58 Å². The number of hydrogen-bond acceptors (Lipinski definition) is 1. The van der Waals surface area contributed by atoms with Gasteiger partial charge in [0.1, 0.15) is 0 Å². The molecule has 0 bridgehead atoms. The van der Waals surface area contributed by atoms with Gasteiger partial charge in [-0.1, -0.05) is 6.08 Å². The summed E-state index contributed by atoms with van der Waals surface area (Å²) in [7, 11) is 0. The van der Waals surface area contributed by atoms with Crippen LogP contribution in [0.25, 0.3) is 0 Å². The maximum Gasteiger partial charge on any atom is 0.0573 e. The minimum atomic E-state index is 0.0369. The summed E-state index contributed by atoms with van der Waals surface area (Å²) in [5.74, 6) is 0.630. The van der Waals surface area contributed by atoms with E-state index >= 15 is 0 Å². The van der Waals surface area contributed by atoms with Gasteiger partial charge in [-0.15, -0.1) is 6.58 Å². The molecule has 0 radical (unpaired) electrons. The molecule has 0 heterocycles. The lowest BCUT2D eigenvalue weighted by Crippen LogP contribution is -1.84. The molecule has 1 saturated carbocycles. The van der Waals surface area contributed by atoms with Crippen LogP contribution in [-0.2, 0) is 0 Å². The van der Waals surface area contributed by atoms with Gasteiger partial charge in [-0.05, 0) is 31.6 Å². The molecule has 0 aromatic rings. The van der Waals surface area contributed by atoms with Crippen LogP contribution in [0.15, 0.2) is 12.7 Å². The molecular weight excluding hydrogens is 112 g/mol. The van der Waals surface area contributed by atoms with E-state index in [-0.39, 0.29) is 6.10 Å². The van der Waals surface area contributed by atoms with Gasteiger partial charge < -0.3 is 5.11 Å². The second-order valence-electron chi connectivity index (χ2n) is 2.78. The summed E-state index contributed by atoms with van der Waals surface area (Å²) >= 11 is 0. The van der Waals surface area contributed by atoms with Gasteiger partial charge in [-0.2, -0.15) is 0 Å². The smallest absolute Gasteiger partial charge is 0.0573 e. The molecule has 9 heavy (non-hydrogen) atoms. The van der Waals surface area contributed by atoms with Crippen molar-refractivity contribution in [3.05, 3.63) is 12.7 Å². The Hall–Kier alpha value is -0.300. The van der Waals surface area contributed by atoms with E-state index < -0.39 is 0 Å². The van der Waals surface area contributed by atoms with E-state index in [1.165, 1.54) is 12.8 Å². The minimum Gasteiger partial charge on any atom is -0.393 e. The van der Waals surface area contributed by atoms with Crippen molar-refractivity contribution in [3.8, 4) is 0 Å². The average molecular weight is 126 g/mol. The summed E-state index contributed by atoms with van der Waals surface area (Å²) < 4.78 is 0. The van der Waals surface area contributed by atoms with Gasteiger partial charge in [-0.3, -0.25) is 0 Å². The zero-order chi connectivity index (χ0) is 6.69. The quantitative estimate of drug-likeness (QED) is 0.449.